The molecule has 0 saturated heterocycles. The molecule has 5 nitrogen and oxygen atoms in total. The number of rotatable bonds is 5. The summed E-state index contributed by atoms with van der Waals surface area (Å²) in [5.74, 6) is 1.30. The van der Waals surface area contributed by atoms with Crippen LogP contribution in [-0.2, 0) is 11.3 Å². The Morgan fingerprint density at radius 1 is 1.36 bits per heavy atom. The third-order valence-electron chi connectivity index (χ3n) is 5.16. The molecular formula is C20H23N3O2. The van der Waals surface area contributed by atoms with Crippen molar-refractivity contribution in [3.63, 3.8) is 0 Å². The maximum absolute atomic E-state index is 12.1. The van der Waals surface area contributed by atoms with Gasteiger partial charge in [-0.25, -0.2) is 0 Å². The molecule has 0 unspecified atom stereocenters. The molecule has 1 aromatic carbocycles. The van der Waals surface area contributed by atoms with Gasteiger partial charge in [-0.05, 0) is 42.5 Å². The van der Waals surface area contributed by atoms with Gasteiger partial charge in [0.1, 0.15) is 0 Å². The highest BCUT2D eigenvalue weighted by atomic mass is 16.5. The van der Waals surface area contributed by atoms with Gasteiger partial charge in [0.05, 0.1) is 12.7 Å². The van der Waals surface area contributed by atoms with Crippen molar-refractivity contribution < 1.29 is 9.32 Å². The molecule has 4 rings (SSSR count). The third kappa shape index (κ3) is 2.95. The number of carbonyl (C=O) groups is 1. The van der Waals surface area contributed by atoms with Crippen LogP contribution in [0, 0.1) is 5.41 Å². The second kappa shape index (κ2) is 5.76. The molecule has 5 heteroatoms. The minimum atomic E-state index is -0.143. The lowest BCUT2D eigenvalue weighted by atomic mass is 9.94. The molecule has 2 heterocycles. The number of hydrogen-bond acceptors (Lipinski definition) is 3. The van der Waals surface area contributed by atoms with E-state index < -0.39 is 0 Å². The highest BCUT2D eigenvalue weighted by molar-refractivity contribution is 5.88. The predicted octanol–water partition coefficient (Wildman–Crippen LogP) is 4.36. The second-order valence-corrected chi connectivity index (χ2v) is 7.60. The van der Waals surface area contributed by atoms with E-state index in [1.807, 2.05) is 13.0 Å². The number of benzene rings is 1. The van der Waals surface area contributed by atoms with Crippen LogP contribution in [0.1, 0.15) is 50.8 Å². The van der Waals surface area contributed by atoms with Crippen molar-refractivity contribution in [3.8, 4) is 11.3 Å². The summed E-state index contributed by atoms with van der Waals surface area (Å²) in [5, 5.41) is 7.98. The van der Waals surface area contributed by atoms with E-state index >= 15 is 0 Å². The van der Waals surface area contributed by atoms with Gasteiger partial charge in [0, 0.05) is 33.6 Å². The monoisotopic (exact) mass is 337 g/mol. The molecule has 0 radical (unpaired) electrons. The minimum absolute atomic E-state index is 0.143. The summed E-state index contributed by atoms with van der Waals surface area (Å²) in [4.78, 5) is 15.6. The van der Waals surface area contributed by atoms with Gasteiger partial charge in [0.15, 0.2) is 5.76 Å². The zero-order valence-corrected chi connectivity index (χ0v) is 14.8. The minimum Gasteiger partial charge on any atom is -0.357 e. The Morgan fingerprint density at radius 2 is 2.16 bits per heavy atom. The van der Waals surface area contributed by atoms with Gasteiger partial charge in [0.25, 0.3) is 0 Å². The lowest BCUT2D eigenvalue weighted by Crippen LogP contribution is -2.29. The van der Waals surface area contributed by atoms with E-state index in [4.69, 9.17) is 4.52 Å². The standard InChI is InChI=1S/C20H23N3O2/c1-12(2)15-10-17-13(9-16(15)18-4-7-22-25-18)8-14(23-17)11-21-19(24)20(3)5-6-20/h4,7-10,12,23H,5-6,11H2,1-3H3,(H,21,24). The molecule has 130 valence electrons. The van der Waals surface area contributed by atoms with Crippen LogP contribution in [0.5, 0.6) is 0 Å². The Hall–Kier alpha value is -2.56. The van der Waals surface area contributed by atoms with E-state index in [1.165, 1.54) is 5.56 Å². The van der Waals surface area contributed by atoms with Gasteiger partial charge in [-0.3, -0.25) is 4.79 Å². The summed E-state index contributed by atoms with van der Waals surface area (Å²) in [6.07, 6.45) is 3.65. The van der Waals surface area contributed by atoms with Crippen LogP contribution < -0.4 is 5.32 Å². The number of fused-ring (bicyclic) bond motifs is 1. The average Bonchev–Trinajstić information content (AvgIpc) is 3.03. The molecule has 1 aliphatic carbocycles. The van der Waals surface area contributed by atoms with Crippen molar-refractivity contribution in [2.24, 2.45) is 5.41 Å². The molecule has 0 aliphatic heterocycles. The number of amides is 1. The average molecular weight is 337 g/mol. The maximum atomic E-state index is 12.1. The van der Waals surface area contributed by atoms with Crippen molar-refractivity contribution in [1.82, 2.24) is 15.5 Å². The molecule has 2 N–H and O–H groups in total. The Labute approximate surface area is 146 Å². The van der Waals surface area contributed by atoms with E-state index in [0.29, 0.717) is 12.5 Å². The van der Waals surface area contributed by atoms with Crippen LogP contribution in [0.4, 0.5) is 0 Å². The lowest BCUT2D eigenvalue weighted by Gasteiger charge is -2.11. The van der Waals surface area contributed by atoms with Crippen LogP contribution in [0.3, 0.4) is 0 Å². The van der Waals surface area contributed by atoms with Gasteiger partial charge < -0.3 is 14.8 Å². The number of carbonyl (C=O) groups excluding carboxylic acids is 1. The zero-order valence-electron chi connectivity index (χ0n) is 14.8. The summed E-state index contributed by atoms with van der Waals surface area (Å²) in [5.41, 5.74) is 4.23. The molecule has 0 spiro atoms. The van der Waals surface area contributed by atoms with Gasteiger partial charge >= 0.3 is 0 Å². The Balaban J connectivity index is 1.64. The predicted molar refractivity (Wildman–Crippen MR) is 97.1 cm³/mol. The van der Waals surface area contributed by atoms with E-state index in [2.05, 4.69) is 47.5 Å². The summed E-state index contributed by atoms with van der Waals surface area (Å²) in [7, 11) is 0. The Bertz CT molecular complexity index is 918. The van der Waals surface area contributed by atoms with Crippen molar-refractivity contribution >= 4 is 16.8 Å². The number of aromatic nitrogens is 2. The summed E-state index contributed by atoms with van der Waals surface area (Å²) >= 11 is 0. The molecule has 2 aromatic heterocycles. The molecule has 1 fully saturated rings. The lowest BCUT2D eigenvalue weighted by molar-refractivity contribution is -0.125. The van der Waals surface area contributed by atoms with Crippen molar-refractivity contribution in [3.05, 3.63) is 41.7 Å². The smallest absolute Gasteiger partial charge is 0.226 e. The molecule has 0 atom stereocenters. The zero-order chi connectivity index (χ0) is 17.6. The number of aromatic amines is 1. The van der Waals surface area contributed by atoms with Crippen molar-refractivity contribution in [2.75, 3.05) is 0 Å². The molecule has 0 bridgehead atoms. The quantitative estimate of drug-likeness (QED) is 0.726. The van der Waals surface area contributed by atoms with E-state index in [0.717, 1.165) is 40.8 Å². The number of hydrogen-bond donors (Lipinski definition) is 2. The number of H-pyrrole nitrogens is 1. The summed E-state index contributed by atoms with van der Waals surface area (Å²) in [6.45, 7) is 6.88. The fourth-order valence-electron chi connectivity index (χ4n) is 3.20. The van der Waals surface area contributed by atoms with Crippen LogP contribution in [-0.4, -0.2) is 16.0 Å². The Morgan fingerprint density at radius 3 is 2.80 bits per heavy atom. The topological polar surface area (TPSA) is 70.9 Å². The Kier molecular flexibility index (Phi) is 3.67. The van der Waals surface area contributed by atoms with Gasteiger partial charge in [0.2, 0.25) is 5.91 Å². The SMILES string of the molecule is CC(C)c1cc2[nH]c(CNC(=O)C3(C)CC3)cc2cc1-c1ccno1. The first-order chi connectivity index (χ1) is 12.0. The normalized spacial score (nSPS) is 15.7. The second-order valence-electron chi connectivity index (χ2n) is 7.60. The summed E-state index contributed by atoms with van der Waals surface area (Å²) in [6, 6.07) is 8.28. The molecule has 1 aliphatic rings. The maximum Gasteiger partial charge on any atom is 0.226 e. The van der Waals surface area contributed by atoms with Crippen LogP contribution in [0.15, 0.2) is 35.0 Å². The van der Waals surface area contributed by atoms with Gasteiger partial charge in [-0.1, -0.05) is 25.9 Å². The molecule has 1 saturated carbocycles. The first kappa shape index (κ1) is 15.9. The van der Waals surface area contributed by atoms with Gasteiger partial charge in [-0.2, -0.15) is 0 Å². The van der Waals surface area contributed by atoms with E-state index in [1.54, 1.807) is 6.20 Å². The first-order valence-electron chi connectivity index (χ1n) is 8.81. The third-order valence-corrected chi connectivity index (χ3v) is 5.16. The molecule has 25 heavy (non-hydrogen) atoms. The van der Waals surface area contributed by atoms with Crippen LogP contribution in [0.2, 0.25) is 0 Å². The first-order valence-corrected chi connectivity index (χ1v) is 8.81. The number of nitrogens with one attached hydrogen (secondary N) is 2. The highest BCUT2D eigenvalue weighted by Crippen LogP contribution is 2.45. The van der Waals surface area contributed by atoms with Crippen LogP contribution in [0.25, 0.3) is 22.2 Å². The largest absolute Gasteiger partial charge is 0.357 e. The van der Waals surface area contributed by atoms with Crippen LogP contribution >= 0.6 is 0 Å². The van der Waals surface area contributed by atoms with E-state index in [9.17, 15) is 4.79 Å². The van der Waals surface area contributed by atoms with Crippen molar-refractivity contribution in [1.29, 1.82) is 0 Å². The molecule has 3 aromatic rings. The fraction of sp³-hybridized carbons (Fsp3) is 0.400. The van der Waals surface area contributed by atoms with Crippen molar-refractivity contribution in [2.45, 2.75) is 46.1 Å². The molecule has 1 amide bonds. The highest BCUT2D eigenvalue weighted by Gasteiger charge is 2.44. The number of nitrogens with zero attached hydrogens (tertiary/aromatic N) is 1. The summed E-state index contributed by atoms with van der Waals surface area (Å²) < 4.78 is 5.37. The van der Waals surface area contributed by atoms with E-state index in [-0.39, 0.29) is 11.3 Å². The van der Waals surface area contributed by atoms with Gasteiger partial charge in [-0.15, -0.1) is 0 Å². The fourth-order valence-corrected chi connectivity index (χ4v) is 3.20. The molecular weight excluding hydrogens is 314 g/mol.